The summed E-state index contributed by atoms with van der Waals surface area (Å²) < 4.78 is 0. The average molecular weight is 124 g/mol. The molecule has 2 nitrogen and oxygen atoms in total. The zero-order valence-electron chi connectivity index (χ0n) is 5.56. The van der Waals surface area contributed by atoms with E-state index < -0.39 is 0 Å². The van der Waals surface area contributed by atoms with Crippen LogP contribution in [0.1, 0.15) is 12.8 Å². The lowest BCUT2D eigenvalue weighted by Crippen LogP contribution is -2.32. The maximum Gasteiger partial charge on any atom is 0.0361 e. The number of fused-ring (bicyclic) bond motifs is 2. The van der Waals surface area contributed by atoms with Gasteiger partial charge in [0.05, 0.1) is 0 Å². The molecule has 1 N–H and O–H groups in total. The maximum absolute atomic E-state index is 7.45. The van der Waals surface area contributed by atoms with E-state index in [1.165, 1.54) is 19.5 Å². The monoisotopic (exact) mass is 124 g/mol. The molecule has 0 aromatic rings. The van der Waals surface area contributed by atoms with E-state index in [4.69, 9.17) is 5.41 Å². The molecule has 2 aliphatic rings. The van der Waals surface area contributed by atoms with Gasteiger partial charge in [0, 0.05) is 18.8 Å². The second-order valence-corrected chi connectivity index (χ2v) is 3.20. The van der Waals surface area contributed by atoms with Crippen molar-refractivity contribution in [2.24, 2.45) is 5.92 Å². The van der Waals surface area contributed by atoms with Crippen LogP contribution >= 0.6 is 0 Å². The third kappa shape index (κ3) is 0.874. The van der Waals surface area contributed by atoms with Crippen LogP contribution in [0.25, 0.3) is 0 Å². The zero-order valence-corrected chi connectivity index (χ0v) is 5.56. The van der Waals surface area contributed by atoms with Crippen molar-refractivity contribution in [2.45, 2.75) is 12.8 Å². The van der Waals surface area contributed by atoms with E-state index >= 15 is 0 Å². The van der Waals surface area contributed by atoms with Gasteiger partial charge >= 0.3 is 0 Å². The first-order valence-corrected chi connectivity index (χ1v) is 3.63. The van der Waals surface area contributed by atoms with Crippen molar-refractivity contribution in [3.63, 3.8) is 0 Å². The van der Waals surface area contributed by atoms with Crippen LogP contribution in [0.2, 0.25) is 0 Å². The van der Waals surface area contributed by atoms with Gasteiger partial charge in [0.15, 0.2) is 0 Å². The van der Waals surface area contributed by atoms with Crippen LogP contribution in [-0.4, -0.2) is 30.2 Å². The van der Waals surface area contributed by atoms with Crippen molar-refractivity contribution in [3.05, 3.63) is 0 Å². The Morgan fingerprint density at radius 1 is 1.56 bits per heavy atom. The Morgan fingerprint density at radius 3 is 3.22 bits per heavy atom. The van der Waals surface area contributed by atoms with Crippen LogP contribution in [0.4, 0.5) is 0 Å². The number of hydrogen-bond acceptors (Lipinski definition) is 2. The molecule has 0 aromatic carbocycles. The minimum Gasteiger partial charge on any atom is -0.308 e. The predicted molar refractivity (Wildman–Crippen MR) is 36.9 cm³/mol. The highest BCUT2D eigenvalue weighted by molar-refractivity contribution is 5.84. The second-order valence-electron chi connectivity index (χ2n) is 3.20. The molecular weight excluding hydrogens is 112 g/mol. The molecule has 0 spiro atoms. The van der Waals surface area contributed by atoms with E-state index in [1.807, 2.05) is 0 Å². The average Bonchev–Trinajstić information content (AvgIpc) is 2.11. The first kappa shape index (κ1) is 5.42. The summed E-state index contributed by atoms with van der Waals surface area (Å²) in [5.74, 6) is 0.839. The molecule has 2 fully saturated rings. The fraction of sp³-hybridized carbons (Fsp3) is 0.857. The van der Waals surface area contributed by atoms with E-state index in [0.717, 1.165) is 24.6 Å². The Morgan fingerprint density at radius 2 is 2.44 bits per heavy atom. The topological polar surface area (TPSA) is 27.1 Å². The van der Waals surface area contributed by atoms with Crippen molar-refractivity contribution >= 4 is 5.71 Å². The van der Waals surface area contributed by atoms with Gasteiger partial charge in [-0.25, -0.2) is 0 Å². The number of piperidine rings is 1. The molecule has 2 atom stereocenters. The van der Waals surface area contributed by atoms with Crippen LogP contribution < -0.4 is 0 Å². The van der Waals surface area contributed by atoms with Crippen LogP contribution in [0.5, 0.6) is 0 Å². The van der Waals surface area contributed by atoms with Gasteiger partial charge in [-0.05, 0) is 25.3 Å². The normalized spacial score (nSPS) is 41.6. The molecule has 0 radical (unpaired) electrons. The molecule has 2 bridgehead atoms. The van der Waals surface area contributed by atoms with Crippen molar-refractivity contribution in [1.29, 1.82) is 5.41 Å². The number of nitrogens with zero attached hydrogens (tertiary/aromatic N) is 1. The van der Waals surface area contributed by atoms with Gasteiger partial charge in [-0.2, -0.15) is 0 Å². The fourth-order valence-electron chi connectivity index (χ4n) is 1.91. The van der Waals surface area contributed by atoms with Gasteiger partial charge < -0.3 is 5.41 Å². The van der Waals surface area contributed by atoms with E-state index in [0.29, 0.717) is 0 Å². The standard InChI is InChI=1S/C7H12N2/c8-7-3-6-1-2-9(4-6)5-7/h6,8H,1-5H2. The summed E-state index contributed by atoms with van der Waals surface area (Å²) in [7, 11) is 0. The summed E-state index contributed by atoms with van der Waals surface area (Å²) in [6.45, 7) is 3.46. The van der Waals surface area contributed by atoms with E-state index in [9.17, 15) is 0 Å². The summed E-state index contributed by atoms with van der Waals surface area (Å²) in [6, 6.07) is 0. The highest BCUT2D eigenvalue weighted by Gasteiger charge is 2.28. The number of nitrogens with one attached hydrogen (secondary N) is 1. The summed E-state index contributed by atoms with van der Waals surface area (Å²) in [4.78, 5) is 2.39. The molecule has 2 saturated heterocycles. The van der Waals surface area contributed by atoms with Crippen molar-refractivity contribution in [1.82, 2.24) is 4.90 Å². The van der Waals surface area contributed by atoms with Gasteiger partial charge in [-0.15, -0.1) is 0 Å². The molecule has 0 saturated carbocycles. The molecule has 9 heavy (non-hydrogen) atoms. The van der Waals surface area contributed by atoms with Gasteiger partial charge in [-0.1, -0.05) is 0 Å². The van der Waals surface area contributed by atoms with Gasteiger partial charge in [0.25, 0.3) is 0 Å². The lowest BCUT2D eigenvalue weighted by atomic mass is 10.00. The zero-order chi connectivity index (χ0) is 6.27. The molecule has 2 heteroatoms. The first-order chi connectivity index (χ1) is 4.34. The summed E-state index contributed by atoms with van der Waals surface area (Å²) in [5.41, 5.74) is 0.948. The molecule has 0 aliphatic carbocycles. The second kappa shape index (κ2) is 1.81. The quantitative estimate of drug-likeness (QED) is 0.506. The molecule has 0 aromatic heterocycles. The van der Waals surface area contributed by atoms with Crippen LogP contribution in [-0.2, 0) is 0 Å². The summed E-state index contributed by atoms with van der Waals surface area (Å²) in [5, 5.41) is 7.45. The van der Waals surface area contributed by atoms with Gasteiger partial charge in [-0.3, -0.25) is 4.90 Å². The smallest absolute Gasteiger partial charge is 0.0361 e. The van der Waals surface area contributed by atoms with E-state index in [1.54, 1.807) is 0 Å². The third-order valence-corrected chi connectivity index (χ3v) is 2.32. The molecule has 2 rings (SSSR count). The first-order valence-electron chi connectivity index (χ1n) is 3.63. The molecule has 50 valence electrons. The lowest BCUT2D eigenvalue weighted by Gasteiger charge is -2.21. The van der Waals surface area contributed by atoms with E-state index in [2.05, 4.69) is 4.90 Å². The SMILES string of the molecule is N=C1CC2CCN(C1)C2. The molecular formula is C7H12N2. The van der Waals surface area contributed by atoms with Crippen LogP contribution in [0.3, 0.4) is 0 Å². The number of hydrogen-bond donors (Lipinski definition) is 1. The Balaban J connectivity index is 2.11. The summed E-state index contributed by atoms with van der Waals surface area (Å²) in [6.07, 6.45) is 2.42. The van der Waals surface area contributed by atoms with Crippen LogP contribution in [0, 0.1) is 11.3 Å². The fourth-order valence-corrected chi connectivity index (χ4v) is 1.91. The minimum atomic E-state index is 0.839. The Hall–Kier alpha value is -0.370. The predicted octanol–water partition coefficient (Wildman–Crippen LogP) is 0.732. The molecule has 2 heterocycles. The van der Waals surface area contributed by atoms with Crippen molar-refractivity contribution in [2.75, 3.05) is 19.6 Å². The highest BCUT2D eigenvalue weighted by Crippen LogP contribution is 2.24. The Bertz CT molecular complexity index is 128. The summed E-state index contributed by atoms with van der Waals surface area (Å²) >= 11 is 0. The molecule has 2 aliphatic heterocycles. The largest absolute Gasteiger partial charge is 0.308 e. The lowest BCUT2D eigenvalue weighted by molar-refractivity contribution is 0.348. The third-order valence-electron chi connectivity index (χ3n) is 2.32. The highest BCUT2D eigenvalue weighted by atomic mass is 15.2. The van der Waals surface area contributed by atoms with E-state index in [-0.39, 0.29) is 0 Å². The molecule has 2 unspecified atom stereocenters. The van der Waals surface area contributed by atoms with Crippen LogP contribution in [0.15, 0.2) is 0 Å². The number of rotatable bonds is 0. The van der Waals surface area contributed by atoms with Gasteiger partial charge in [0.2, 0.25) is 0 Å². The van der Waals surface area contributed by atoms with Crippen molar-refractivity contribution in [3.8, 4) is 0 Å². The maximum atomic E-state index is 7.45. The Kier molecular flexibility index (Phi) is 1.09. The van der Waals surface area contributed by atoms with Gasteiger partial charge in [0.1, 0.15) is 0 Å². The minimum absolute atomic E-state index is 0.839. The van der Waals surface area contributed by atoms with Crippen molar-refractivity contribution < 1.29 is 0 Å². The molecule has 0 amide bonds. The Labute approximate surface area is 55.4 Å².